The molecule has 2 aromatic rings. The third kappa shape index (κ3) is 7.36. The van der Waals surface area contributed by atoms with Gasteiger partial charge in [0.2, 0.25) is 5.91 Å². The standard InChI is InChI=1S/C27H36F3N7O2/c1-2-37-22(11-12-34-37)26(39)36-24(17-7-5-3-4-6-8-17)21-16-32-23(35-21)10-9-20(31)14-18-13-19(27(28,29)30)15-33-25(18)38/h9-12,16-19,24,31H,2-8,13-15H2,1H3,(H,32,35)(H,33,38)(H,36,39)/b10-9-,31-20?/t18?,19?,24-/m0/s1. The van der Waals surface area contributed by atoms with Crippen LogP contribution in [0.4, 0.5) is 13.2 Å². The largest absolute Gasteiger partial charge is 0.393 e. The van der Waals surface area contributed by atoms with Gasteiger partial charge < -0.3 is 21.0 Å². The Bertz CT molecular complexity index is 1180. The lowest BCUT2D eigenvalue weighted by molar-refractivity contribution is -0.183. The highest BCUT2D eigenvalue weighted by atomic mass is 19.4. The van der Waals surface area contributed by atoms with Crippen LogP contribution in [0.5, 0.6) is 0 Å². The number of alkyl halides is 3. The second-order valence-electron chi connectivity index (χ2n) is 10.4. The molecule has 2 aromatic heterocycles. The SMILES string of the molecule is CCn1nccc1C(=O)N[C@H](c1c[nH]c(/C=C\C(=N)CC2CC(C(F)(F)F)CNC2=O)n1)C1CCCCCC1. The van der Waals surface area contributed by atoms with E-state index in [1.807, 2.05) is 6.92 Å². The number of halogens is 3. The highest BCUT2D eigenvalue weighted by Crippen LogP contribution is 2.35. The number of carbonyl (C=O) groups excluding carboxylic acids is 2. The molecule has 4 N–H and O–H groups in total. The van der Waals surface area contributed by atoms with Crippen molar-refractivity contribution < 1.29 is 22.8 Å². The van der Waals surface area contributed by atoms with E-state index < -0.39 is 30.5 Å². The normalized spacial score (nSPS) is 21.9. The van der Waals surface area contributed by atoms with Crippen LogP contribution in [0.15, 0.2) is 24.5 Å². The predicted octanol–water partition coefficient (Wildman–Crippen LogP) is 4.81. The van der Waals surface area contributed by atoms with Crippen LogP contribution < -0.4 is 10.6 Å². The molecule has 9 nitrogen and oxygen atoms in total. The van der Waals surface area contributed by atoms with Crippen molar-refractivity contribution in [3.63, 3.8) is 0 Å². The molecule has 2 amide bonds. The van der Waals surface area contributed by atoms with E-state index in [1.54, 1.807) is 29.2 Å². The Hall–Kier alpha value is -3.44. The number of carbonyl (C=O) groups is 2. The van der Waals surface area contributed by atoms with Crippen LogP contribution in [0, 0.1) is 23.2 Å². The number of rotatable bonds is 9. The number of piperidine rings is 1. The number of allylic oxidation sites excluding steroid dienone is 1. The fourth-order valence-corrected chi connectivity index (χ4v) is 5.51. The van der Waals surface area contributed by atoms with E-state index in [9.17, 15) is 22.8 Å². The molecular weight excluding hydrogens is 511 g/mol. The van der Waals surface area contributed by atoms with E-state index in [2.05, 4.69) is 25.7 Å². The van der Waals surface area contributed by atoms with Crippen LogP contribution in [0.2, 0.25) is 0 Å². The molecule has 3 heterocycles. The minimum Gasteiger partial charge on any atom is -0.355 e. The molecule has 0 spiro atoms. The molecule has 12 heteroatoms. The third-order valence-electron chi connectivity index (χ3n) is 7.68. The second-order valence-corrected chi connectivity index (χ2v) is 10.4. The summed E-state index contributed by atoms with van der Waals surface area (Å²) in [6.07, 6.45) is 8.04. The van der Waals surface area contributed by atoms with Gasteiger partial charge in [-0.15, -0.1) is 0 Å². The van der Waals surface area contributed by atoms with Gasteiger partial charge in [-0.05, 0) is 50.3 Å². The molecule has 4 rings (SSSR count). The number of amides is 2. The molecule has 212 valence electrons. The number of hydrogen-bond acceptors (Lipinski definition) is 5. The van der Waals surface area contributed by atoms with Gasteiger partial charge in [-0.2, -0.15) is 18.3 Å². The highest BCUT2D eigenvalue weighted by molar-refractivity contribution is 5.98. The number of aryl methyl sites for hydroxylation is 1. The van der Waals surface area contributed by atoms with Crippen molar-refractivity contribution in [2.45, 2.75) is 77.1 Å². The van der Waals surface area contributed by atoms with Gasteiger partial charge in [0.25, 0.3) is 5.91 Å². The summed E-state index contributed by atoms with van der Waals surface area (Å²) < 4.78 is 41.0. The minimum absolute atomic E-state index is 0.0392. The maximum atomic E-state index is 13.2. The van der Waals surface area contributed by atoms with Gasteiger partial charge in [0.1, 0.15) is 11.5 Å². The summed E-state index contributed by atoms with van der Waals surface area (Å²) in [7, 11) is 0. The van der Waals surface area contributed by atoms with E-state index in [-0.39, 0.29) is 36.4 Å². The van der Waals surface area contributed by atoms with Gasteiger partial charge in [-0.25, -0.2) is 4.98 Å². The molecule has 2 unspecified atom stereocenters. The van der Waals surface area contributed by atoms with Crippen LogP contribution in [0.3, 0.4) is 0 Å². The highest BCUT2D eigenvalue weighted by Gasteiger charge is 2.44. The summed E-state index contributed by atoms with van der Waals surface area (Å²) >= 11 is 0. The third-order valence-corrected chi connectivity index (χ3v) is 7.68. The van der Waals surface area contributed by atoms with Gasteiger partial charge in [0, 0.05) is 43.5 Å². The van der Waals surface area contributed by atoms with Crippen molar-refractivity contribution in [1.29, 1.82) is 5.41 Å². The lowest BCUT2D eigenvalue weighted by atomic mass is 9.86. The van der Waals surface area contributed by atoms with Crippen molar-refractivity contribution in [3.8, 4) is 0 Å². The molecule has 0 radical (unpaired) electrons. The molecule has 1 saturated heterocycles. The van der Waals surface area contributed by atoms with Crippen molar-refractivity contribution in [1.82, 2.24) is 30.4 Å². The monoisotopic (exact) mass is 547 g/mol. The van der Waals surface area contributed by atoms with Crippen LogP contribution in [-0.4, -0.2) is 50.0 Å². The smallest absolute Gasteiger partial charge is 0.355 e. The van der Waals surface area contributed by atoms with Crippen LogP contribution in [0.25, 0.3) is 6.08 Å². The van der Waals surface area contributed by atoms with Crippen molar-refractivity contribution in [3.05, 3.63) is 41.7 Å². The maximum Gasteiger partial charge on any atom is 0.393 e. The Balaban J connectivity index is 1.45. The molecule has 1 aliphatic heterocycles. The molecule has 0 bridgehead atoms. The van der Waals surface area contributed by atoms with E-state index >= 15 is 0 Å². The van der Waals surface area contributed by atoms with Crippen molar-refractivity contribution in [2.24, 2.45) is 17.8 Å². The first-order valence-electron chi connectivity index (χ1n) is 13.6. The van der Waals surface area contributed by atoms with Gasteiger partial charge in [-0.3, -0.25) is 14.3 Å². The van der Waals surface area contributed by atoms with E-state index in [0.29, 0.717) is 23.8 Å². The molecule has 0 aromatic carbocycles. The number of nitrogens with zero attached hydrogens (tertiary/aromatic N) is 3. The first-order valence-corrected chi connectivity index (χ1v) is 13.6. The molecular formula is C27H36F3N7O2. The summed E-state index contributed by atoms with van der Waals surface area (Å²) in [6, 6.07) is 1.38. The Labute approximate surface area is 225 Å². The fraction of sp³-hybridized carbons (Fsp3) is 0.593. The zero-order chi connectivity index (χ0) is 28.0. The first-order chi connectivity index (χ1) is 18.7. The van der Waals surface area contributed by atoms with Gasteiger partial charge in [0.15, 0.2) is 0 Å². The summed E-state index contributed by atoms with van der Waals surface area (Å²) in [5, 5.41) is 17.9. The fourth-order valence-electron chi connectivity index (χ4n) is 5.51. The summed E-state index contributed by atoms with van der Waals surface area (Å²) in [5.74, 6) is -2.49. The van der Waals surface area contributed by atoms with Crippen molar-refractivity contribution in [2.75, 3.05) is 6.54 Å². The molecule has 39 heavy (non-hydrogen) atoms. The quantitative estimate of drug-likeness (QED) is 0.265. The maximum absolute atomic E-state index is 13.2. The van der Waals surface area contributed by atoms with E-state index in [0.717, 1.165) is 25.7 Å². The Morgan fingerprint density at radius 1 is 1.28 bits per heavy atom. The van der Waals surface area contributed by atoms with E-state index in [4.69, 9.17) is 5.41 Å². The average Bonchev–Trinajstić information content (AvgIpc) is 3.50. The molecule has 1 aliphatic carbocycles. The Morgan fingerprint density at radius 2 is 2.03 bits per heavy atom. The summed E-state index contributed by atoms with van der Waals surface area (Å²) in [4.78, 5) is 33.0. The van der Waals surface area contributed by atoms with Gasteiger partial charge in [0.05, 0.1) is 17.7 Å². The van der Waals surface area contributed by atoms with Crippen molar-refractivity contribution >= 4 is 23.6 Å². The molecule has 2 fully saturated rings. The lowest BCUT2D eigenvalue weighted by Gasteiger charge is -2.30. The summed E-state index contributed by atoms with van der Waals surface area (Å²) in [6.45, 7) is 2.08. The Morgan fingerprint density at radius 3 is 2.72 bits per heavy atom. The number of aromatic amines is 1. The van der Waals surface area contributed by atoms with Crippen LogP contribution in [-0.2, 0) is 11.3 Å². The minimum atomic E-state index is -4.38. The van der Waals surface area contributed by atoms with Crippen LogP contribution >= 0.6 is 0 Å². The predicted molar refractivity (Wildman–Crippen MR) is 140 cm³/mol. The van der Waals surface area contributed by atoms with E-state index in [1.165, 1.54) is 18.9 Å². The number of imidazole rings is 1. The Kier molecular flexibility index (Phi) is 9.24. The molecule has 1 saturated carbocycles. The lowest BCUT2D eigenvalue weighted by Crippen LogP contribution is -2.46. The number of aromatic nitrogens is 4. The average molecular weight is 548 g/mol. The summed E-state index contributed by atoms with van der Waals surface area (Å²) in [5.41, 5.74) is 1.21. The topological polar surface area (TPSA) is 129 Å². The molecule has 2 aliphatic rings. The number of nitrogens with one attached hydrogen (secondary N) is 4. The van der Waals surface area contributed by atoms with Crippen LogP contribution in [0.1, 0.15) is 86.3 Å². The number of H-pyrrole nitrogens is 1. The molecule has 3 atom stereocenters. The number of hydrogen-bond donors (Lipinski definition) is 4. The zero-order valence-corrected chi connectivity index (χ0v) is 22.1. The first kappa shape index (κ1) is 28.6. The zero-order valence-electron chi connectivity index (χ0n) is 22.1. The second kappa shape index (κ2) is 12.6. The van der Waals surface area contributed by atoms with Gasteiger partial charge >= 0.3 is 6.18 Å². The van der Waals surface area contributed by atoms with Gasteiger partial charge in [-0.1, -0.05) is 25.7 Å².